The van der Waals surface area contributed by atoms with Gasteiger partial charge < -0.3 is 5.32 Å². The zero-order valence-electron chi connectivity index (χ0n) is 11.9. The van der Waals surface area contributed by atoms with Crippen LogP contribution in [0.3, 0.4) is 0 Å². The second kappa shape index (κ2) is 4.04. The second-order valence-corrected chi connectivity index (χ2v) is 8.16. The molecule has 1 N–H and O–H groups in total. The summed E-state index contributed by atoms with van der Waals surface area (Å²) >= 11 is 1.86. The SMILES string of the molecule is CC1CC(NC2CC2)(c2nc(C(C)(C)C)cs2)C1. The fraction of sp³-hybridized carbons (Fsp3) is 0.800. The van der Waals surface area contributed by atoms with Crippen LogP contribution in [-0.4, -0.2) is 11.0 Å². The normalized spacial score (nSPS) is 32.3. The van der Waals surface area contributed by atoms with Gasteiger partial charge in [-0.15, -0.1) is 11.3 Å². The van der Waals surface area contributed by atoms with Crippen LogP contribution in [-0.2, 0) is 11.0 Å². The molecular weight excluding hydrogens is 240 g/mol. The number of nitrogens with zero attached hydrogens (tertiary/aromatic N) is 1. The molecule has 3 heteroatoms. The van der Waals surface area contributed by atoms with Crippen LogP contribution in [0.15, 0.2) is 5.38 Å². The van der Waals surface area contributed by atoms with Gasteiger partial charge in [-0.05, 0) is 31.6 Å². The van der Waals surface area contributed by atoms with Crippen molar-refractivity contribution in [3.63, 3.8) is 0 Å². The Morgan fingerprint density at radius 2 is 2.00 bits per heavy atom. The topological polar surface area (TPSA) is 24.9 Å². The number of thiazole rings is 1. The third-order valence-electron chi connectivity index (χ3n) is 4.13. The zero-order chi connectivity index (χ0) is 13.0. The molecule has 0 radical (unpaired) electrons. The molecule has 0 saturated heterocycles. The molecule has 0 amide bonds. The molecule has 1 aromatic rings. The maximum absolute atomic E-state index is 4.95. The first-order valence-electron chi connectivity index (χ1n) is 7.13. The van der Waals surface area contributed by atoms with E-state index >= 15 is 0 Å². The van der Waals surface area contributed by atoms with Crippen molar-refractivity contribution in [3.8, 4) is 0 Å². The molecule has 18 heavy (non-hydrogen) atoms. The van der Waals surface area contributed by atoms with Crippen molar-refractivity contribution >= 4 is 11.3 Å². The molecule has 2 aliphatic carbocycles. The second-order valence-electron chi connectivity index (χ2n) is 7.30. The first-order chi connectivity index (χ1) is 8.39. The molecule has 0 aliphatic heterocycles. The van der Waals surface area contributed by atoms with E-state index in [9.17, 15) is 0 Å². The molecule has 0 spiro atoms. The lowest BCUT2D eigenvalue weighted by atomic mass is 9.69. The molecule has 1 aromatic heterocycles. The fourth-order valence-corrected chi connectivity index (χ4v) is 4.17. The lowest BCUT2D eigenvalue weighted by molar-refractivity contribution is 0.111. The van der Waals surface area contributed by atoms with Crippen molar-refractivity contribution in [1.29, 1.82) is 0 Å². The van der Waals surface area contributed by atoms with Crippen molar-refractivity contribution < 1.29 is 0 Å². The van der Waals surface area contributed by atoms with E-state index < -0.39 is 0 Å². The van der Waals surface area contributed by atoms with E-state index in [1.807, 2.05) is 11.3 Å². The van der Waals surface area contributed by atoms with Gasteiger partial charge in [-0.2, -0.15) is 0 Å². The Bertz CT molecular complexity index is 434. The minimum absolute atomic E-state index is 0.172. The van der Waals surface area contributed by atoms with Gasteiger partial charge in [0.25, 0.3) is 0 Å². The summed E-state index contributed by atoms with van der Waals surface area (Å²) in [5, 5.41) is 7.45. The number of rotatable bonds is 3. The molecule has 2 nitrogen and oxygen atoms in total. The van der Waals surface area contributed by atoms with E-state index in [2.05, 4.69) is 38.4 Å². The van der Waals surface area contributed by atoms with E-state index in [1.54, 1.807) is 0 Å². The Kier molecular flexibility index (Phi) is 2.83. The zero-order valence-corrected chi connectivity index (χ0v) is 12.7. The highest BCUT2D eigenvalue weighted by molar-refractivity contribution is 7.09. The third-order valence-corrected chi connectivity index (χ3v) is 5.18. The molecule has 0 atom stereocenters. The summed E-state index contributed by atoms with van der Waals surface area (Å²) in [6.07, 6.45) is 5.24. The van der Waals surface area contributed by atoms with Crippen LogP contribution in [0, 0.1) is 5.92 Å². The van der Waals surface area contributed by atoms with Gasteiger partial charge >= 0.3 is 0 Å². The van der Waals surface area contributed by atoms with Gasteiger partial charge in [-0.25, -0.2) is 4.98 Å². The fourth-order valence-electron chi connectivity index (χ4n) is 2.94. The monoisotopic (exact) mass is 264 g/mol. The molecule has 2 saturated carbocycles. The summed E-state index contributed by atoms with van der Waals surface area (Å²) in [7, 11) is 0. The number of hydrogen-bond acceptors (Lipinski definition) is 3. The van der Waals surface area contributed by atoms with Crippen molar-refractivity contribution in [2.45, 2.75) is 70.4 Å². The summed E-state index contributed by atoms with van der Waals surface area (Å²) in [6, 6.07) is 0.763. The largest absolute Gasteiger partial charge is 0.303 e. The van der Waals surface area contributed by atoms with Crippen molar-refractivity contribution in [1.82, 2.24) is 10.3 Å². The molecule has 1 heterocycles. The minimum atomic E-state index is 0.172. The minimum Gasteiger partial charge on any atom is -0.303 e. The van der Waals surface area contributed by atoms with Gasteiger partial charge in [0.15, 0.2) is 0 Å². The van der Waals surface area contributed by atoms with Crippen LogP contribution in [0.1, 0.15) is 64.1 Å². The number of nitrogens with one attached hydrogen (secondary N) is 1. The molecule has 100 valence electrons. The lowest BCUT2D eigenvalue weighted by Crippen LogP contribution is -2.52. The smallest absolute Gasteiger partial charge is 0.113 e. The first-order valence-corrected chi connectivity index (χ1v) is 8.01. The van der Waals surface area contributed by atoms with E-state index in [0.717, 1.165) is 12.0 Å². The Hall–Kier alpha value is -0.410. The van der Waals surface area contributed by atoms with Crippen LogP contribution < -0.4 is 5.32 Å². The summed E-state index contributed by atoms with van der Waals surface area (Å²) in [4.78, 5) is 4.95. The summed E-state index contributed by atoms with van der Waals surface area (Å²) in [5.41, 5.74) is 1.64. The quantitative estimate of drug-likeness (QED) is 0.898. The molecule has 0 unspecified atom stereocenters. The molecule has 2 aliphatic rings. The molecule has 2 fully saturated rings. The Labute approximate surface area is 114 Å². The standard InChI is InChI=1S/C15H24N2S/c1-10-7-15(8-10,17-11-5-6-11)13-16-12(9-18-13)14(2,3)4/h9-11,17H,5-8H2,1-4H3. The Balaban J connectivity index is 1.84. The van der Waals surface area contributed by atoms with Crippen LogP contribution in [0.2, 0.25) is 0 Å². The van der Waals surface area contributed by atoms with Gasteiger partial charge in [0, 0.05) is 16.8 Å². The number of hydrogen-bond donors (Lipinski definition) is 1. The van der Waals surface area contributed by atoms with Crippen LogP contribution >= 0.6 is 11.3 Å². The van der Waals surface area contributed by atoms with Gasteiger partial charge in [-0.3, -0.25) is 0 Å². The van der Waals surface area contributed by atoms with E-state index in [1.165, 1.54) is 36.4 Å². The van der Waals surface area contributed by atoms with Crippen molar-refractivity contribution in [2.24, 2.45) is 5.92 Å². The third kappa shape index (κ3) is 2.23. The predicted molar refractivity (Wildman–Crippen MR) is 77.0 cm³/mol. The Morgan fingerprint density at radius 3 is 2.44 bits per heavy atom. The maximum atomic E-state index is 4.95. The summed E-state index contributed by atoms with van der Waals surface area (Å²) < 4.78 is 0. The van der Waals surface area contributed by atoms with Gasteiger partial charge in [-0.1, -0.05) is 27.7 Å². The van der Waals surface area contributed by atoms with E-state index in [-0.39, 0.29) is 11.0 Å². The highest BCUT2D eigenvalue weighted by Crippen LogP contribution is 2.48. The highest BCUT2D eigenvalue weighted by atomic mass is 32.1. The predicted octanol–water partition coefficient (Wildman–Crippen LogP) is 3.82. The van der Waals surface area contributed by atoms with Crippen molar-refractivity contribution in [2.75, 3.05) is 0 Å². The van der Waals surface area contributed by atoms with Crippen LogP contribution in [0.4, 0.5) is 0 Å². The van der Waals surface area contributed by atoms with Gasteiger partial charge in [0.05, 0.1) is 11.2 Å². The molecule has 3 rings (SSSR count). The first kappa shape index (κ1) is 12.6. The lowest BCUT2D eigenvalue weighted by Gasteiger charge is -2.46. The summed E-state index contributed by atoms with van der Waals surface area (Å²) in [6.45, 7) is 9.09. The van der Waals surface area contributed by atoms with E-state index in [4.69, 9.17) is 4.98 Å². The Morgan fingerprint density at radius 1 is 1.33 bits per heavy atom. The number of aromatic nitrogens is 1. The van der Waals surface area contributed by atoms with Gasteiger partial charge in [0.1, 0.15) is 5.01 Å². The van der Waals surface area contributed by atoms with E-state index in [0.29, 0.717) is 0 Å². The molecule has 0 aromatic carbocycles. The summed E-state index contributed by atoms with van der Waals surface area (Å²) in [5.74, 6) is 0.846. The van der Waals surface area contributed by atoms with Crippen LogP contribution in [0.5, 0.6) is 0 Å². The van der Waals surface area contributed by atoms with Crippen LogP contribution in [0.25, 0.3) is 0 Å². The molecule has 0 bridgehead atoms. The highest BCUT2D eigenvalue weighted by Gasteiger charge is 2.48. The maximum Gasteiger partial charge on any atom is 0.113 e. The van der Waals surface area contributed by atoms with Gasteiger partial charge in [0.2, 0.25) is 0 Å². The molecular formula is C15H24N2S. The average Bonchev–Trinajstić information content (AvgIpc) is 2.88. The van der Waals surface area contributed by atoms with Crippen molar-refractivity contribution in [3.05, 3.63) is 16.1 Å². The average molecular weight is 264 g/mol.